The van der Waals surface area contributed by atoms with E-state index in [0.29, 0.717) is 46.6 Å². The number of carboxylic acids is 1. The molecular weight excluding hydrogens is 696 g/mol. The van der Waals surface area contributed by atoms with Crippen molar-refractivity contribution in [2.75, 3.05) is 23.3 Å². The first kappa shape index (κ1) is 33.6. The summed E-state index contributed by atoms with van der Waals surface area (Å²) in [5.41, 5.74) is -0.495. The van der Waals surface area contributed by atoms with Crippen LogP contribution < -0.4 is 10.2 Å². The summed E-state index contributed by atoms with van der Waals surface area (Å²) in [6.07, 6.45) is 4.32. The molecule has 1 aliphatic carbocycles. The molecule has 2 N–H and O–H groups in total. The van der Waals surface area contributed by atoms with Crippen molar-refractivity contribution >= 4 is 75.6 Å². The summed E-state index contributed by atoms with van der Waals surface area (Å²) in [6.45, 7) is 2.83. The number of hydrogen-bond acceptors (Lipinski definition) is 5. The molecule has 252 valence electrons. The number of carbonyl (C=O) groups excluding carboxylic acids is 2. The van der Waals surface area contributed by atoms with E-state index >= 15 is 4.79 Å². The second-order valence-electron chi connectivity index (χ2n) is 13.7. The molecule has 4 aliphatic rings. The summed E-state index contributed by atoms with van der Waals surface area (Å²) in [7, 11) is 0. The van der Waals surface area contributed by atoms with Crippen molar-refractivity contribution in [2.24, 2.45) is 17.8 Å². The molecule has 0 aromatic heterocycles. The third-order valence-corrected chi connectivity index (χ3v) is 11.5. The Morgan fingerprint density at radius 3 is 2.33 bits per heavy atom. The van der Waals surface area contributed by atoms with E-state index in [1.54, 1.807) is 29.2 Å². The fourth-order valence-corrected chi connectivity index (χ4v) is 9.67. The van der Waals surface area contributed by atoms with E-state index < -0.39 is 46.8 Å². The molecule has 12 heteroatoms. The lowest BCUT2D eigenvalue weighted by atomic mass is 9.72. The molecule has 1 saturated carbocycles. The van der Waals surface area contributed by atoms with E-state index in [0.717, 1.165) is 31.2 Å². The van der Waals surface area contributed by atoms with E-state index in [4.69, 9.17) is 51.1 Å². The summed E-state index contributed by atoms with van der Waals surface area (Å²) in [5, 5.41) is 15.1. The number of rotatable bonds is 8. The quantitative estimate of drug-likeness (QED) is 0.244. The Morgan fingerprint density at radius 1 is 1.00 bits per heavy atom. The van der Waals surface area contributed by atoms with Gasteiger partial charge in [0.1, 0.15) is 11.5 Å². The van der Waals surface area contributed by atoms with Gasteiger partial charge < -0.3 is 20.1 Å². The maximum atomic E-state index is 15.2. The topological polar surface area (TPSA) is 99.2 Å². The molecule has 5 atom stereocenters. The van der Waals surface area contributed by atoms with Gasteiger partial charge in [-0.25, -0.2) is 0 Å². The number of carboxylic acid groups (broad SMARTS) is 1. The van der Waals surface area contributed by atoms with Crippen molar-refractivity contribution in [3.05, 3.63) is 91.9 Å². The molecule has 7 rings (SSSR count). The fourth-order valence-electron chi connectivity index (χ4n) is 8.61. The lowest BCUT2D eigenvalue weighted by Crippen LogP contribution is -2.55. The smallest absolute Gasteiger partial charge is 0.310 e. The largest absolute Gasteiger partial charge is 0.481 e. The highest BCUT2D eigenvalue weighted by Gasteiger charge is 2.74. The van der Waals surface area contributed by atoms with Gasteiger partial charge >= 0.3 is 5.97 Å². The van der Waals surface area contributed by atoms with Gasteiger partial charge in [-0.05, 0) is 68.0 Å². The number of nitrogens with zero attached hydrogens (tertiary/aromatic N) is 2. The zero-order valence-electron chi connectivity index (χ0n) is 26.2. The molecule has 2 saturated heterocycles. The third-order valence-electron chi connectivity index (χ3n) is 10.6. The van der Waals surface area contributed by atoms with E-state index in [9.17, 15) is 14.7 Å². The Labute approximate surface area is 299 Å². The van der Waals surface area contributed by atoms with Gasteiger partial charge in [-0.3, -0.25) is 19.3 Å². The summed E-state index contributed by atoms with van der Waals surface area (Å²) in [5.74, 6) is -4.62. The minimum Gasteiger partial charge on any atom is -0.481 e. The van der Waals surface area contributed by atoms with Crippen LogP contribution in [0.4, 0.5) is 11.4 Å². The molecule has 8 nitrogen and oxygen atoms in total. The van der Waals surface area contributed by atoms with Crippen LogP contribution in [0.1, 0.15) is 50.2 Å². The Bertz CT molecular complexity index is 1770. The predicted octanol–water partition coefficient (Wildman–Crippen LogP) is 8.05. The Hall–Kier alpha value is -2.85. The third kappa shape index (κ3) is 5.68. The first-order valence-electron chi connectivity index (χ1n) is 16.2. The Kier molecular flexibility index (Phi) is 8.97. The lowest BCUT2D eigenvalue weighted by Gasteiger charge is -2.38. The zero-order chi connectivity index (χ0) is 34.0. The van der Waals surface area contributed by atoms with Crippen LogP contribution in [-0.4, -0.2) is 52.5 Å². The molecule has 3 aliphatic heterocycles. The highest BCUT2D eigenvalue weighted by Crippen LogP contribution is 2.61. The van der Waals surface area contributed by atoms with Gasteiger partial charge in [-0.2, -0.15) is 0 Å². The molecule has 1 spiro atoms. The van der Waals surface area contributed by atoms with Crippen molar-refractivity contribution in [2.45, 2.75) is 62.8 Å². The number of aliphatic carboxylic acids is 1. The van der Waals surface area contributed by atoms with Gasteiger partial charge in [0.2, 0.25) is 5.91 Å². The molecule has 1 unspecified atom stereocenters. The maximum Gasteiger partial charge on any atom is 0.310 e. The molecule has 2 amide bonds. The van der Waals surface area contributed by atoms with Gasteiger partial charge in [0, 0.05) is 45.5 Å². The SMILES string of the molecule is C[C@]1(OCc2ccccc2)C[C@@H]2C(C(=O)N(CC3CCCC3)c3cc(Cl)cc(Cl)c3)[C@@H](C(=O)O)[C@@]3(C(=O)Nc4c(Cl)cc(Cl)cc43)N2C1. The van der Waals surface area contributed by atoms with Crippen LogP contribution in [0.2, 0.25) is 20.1 Å². The molecular formula is C36H35Cl4N3O5. The number of halogens is 4. The van der Waals surface area contributed by atoms with Crippen LogP contribution in [-0.2, 0) is 31.3 Å². The number of fused-ring (bicyclic) bond motifs is 4. The number of benzene rings is 3. The Morgan fingerprint density at radius 2 is 1.67 bits per heavy atom. The van der Waals surface area contributed by atoms with E-state index in [1.165, 1.54) is 6.07 Å². The molecule has 3 fully saturated rings. The van der Waals surface area contributed by atoms with Crippen LogP contribution in [0, 0.1) is 17.8 Å². The number of amides is 2. The van der Waals surface area contributed by atoms with Crippen molar-refractivity contribution < 1.29 is 24.2 Å². The number of nitrogens with one attached hydrogen (secondary N) is 1. The second kappa shape index (κ2) is 12.8. The predicted molar refractivity (Wildman–Crippen MR) is 187 cm³/mol. The van der Waals surface area contributed by atoms with Crippen molar-refractivity contribution in [3.63, 3.8) is 0 Å². The summed E-state index contributed by atoms with van der Waals surface area (Å²) in [6, 6.07) is 17.1. The van der Waals surface area contributed by atoms with E-state index in [2.05, 4.69) is 5.32 Å². The summed E-state index contributed by atoms with van der Waals surface area (Å²) >= 11 is 26.0. The second-order valence-corrected chi connectivity index (χ2v) is 15.4. The van der Waals surface area contributed by atoms with Crippen LogP contribution in [0.5, 0.6) is 0 Å². The number of carbonyl (C=O) groups is 3. The molecule has 0 bridgehead atoms. The highest BCUT2D eigenvalue weighted by atomic mass is 35.5. The first-order valence-corrected chi connectivity index (χ1v) is 17.7. The minimum absolute atomic E-state index is 0.192. The number of anilines is 2. The van der Waals surface area contributed by atoms with E-state index in [1.807, 2.05) is 42.2 Å². The van der Waals surface area contributed by atoms with Gasteiger partial charge in [0.25, 0.3) is 5.91 Å². The summed E-state index contributed by atoms with van der Waals surface area (Å²) in [4.78, 5) is 46.8. The van der Waals surface area contributed by atoms with Gasteiger partial charge in [0.05, 0.1) is 28.8 Å². The van der Waals surface area contributed by atoms with Crippen molar-refractivity contribution in [3.8, 4) is 0 Å². The number of ether oxygens (including phenoxy) is 1. The van der Waals surface area contributed by atoms with Gasteiger partial charge in [0.15, 0.2) is 0 Å². The molecule has 3 aromatic carbocycles. The molecule has 3 heterocycles. The van der Waals surface area contributed by atoms with Crippen LogP contribution >= 0.6 is 46.4 Å². The first-order chi connectivity index (χ1) is 22.9. The fraction of sp³-hybridized carbons (Fsp3) is 0.417. The van der Waals surface area contributed by atoms with Gasteiger partial charge in [-0.1, -0.05) is 89.6 Å². The standard InChI is InChI=1S/C36H35Cl4N3O5/c1-35(48-18-21-9-3-2-4-10-21)16-28-29(32(44)42(17-20-7-5-6-8-20)25-12-22(37)11-23(38)13-25)30(33(45)46)36(43(28)19-35)26-14-24(39)15-27(40)31(26)41-34(36)47/h2-4,9-15,20,28-30H,5-8,16-19H2,1H3,(H,41,47)(H,45,46)/t28-,29?,30+,35+,36+/m1/s1. The monoisotopic (exact) mass is 729 g/mol. The van der Waals surface area contributed by atoms with Gasteiger partial charge in [-0.15, -0.1) is 0 Å². The van der Waals surface area contributed by atoms with Crippen LogP contribution in [0.3, 0.4) is 0 Å². The zero-order valence-corrected chi connectivity index (χ0v) is 29.2. The van der Waals surface area contributed by atoms with Crippen molar-refractivity contribution in [1.29, 1.82) is 0 Å². The summed E-state index contributed by atoms with van der Waals surface area (Å²) < 4.78 is 6.56. The van der Waals surface area contributed by atoms with Crippen LogP contribution in [0.15, 0.2) is 60.7 Å². The molecule has 48 heavy (non-hydrogen) atoms. The lowest BCUT2D eigenvalue weighted by molar-refractivity contribution is -0.153. The normalized spacial score (nSPS) is 28.1. The molecule has 0 radical (unpaired) electrons. The average molecular weight is 732 g/mol. The highest BCUT2D eigenvalue weighted by molar-refractivity contribution is 6.38. The Balaban J connectivity index is 1.37. The molecule has 3 aromatic rings. The van der Waals surface area contributed by atoms with E-state index in [-0.39, 0.29) is 22.5 Å². The minimum atomic E-state index is -1.78. The maximum absolute atomic E-state index is 15.2. The van der Waals surface area contributed by atoms with Crippen LogP contribution in [0.25, 0.3) is 0 Å². The van der Waals surface area contributed by atoms with Crippen molar-refractivity contribution in [1.82, 2.24) is 4.90 Å². The average Bonchev–Trinajstić information content (AvgIpc) is 3.79. The number of hydrogen-bond donors (Lipinski definition) is 2.